The van der Waals surface area contributed by atoms with Crippen LogP contribution in [0.15, 0.2) is 6.20 Å². The Morgan fingerprint density at radius 2 is 1.81 bits per heavy atom. The number of aromatic nitrogens is 2. The average molecular weight is 399 g/mol. The van der Waals surface area contributed by atoms with Gasteiger partial charge in [-0.05, 0) is 58.4 Å². The van der Waals surface area contributed by atoms with E-state index < -0.39 is 5.91 Å². The molecule has 0 saturated heterocycles. The maximum Gasteiger partial charge on any atom is 0.254 e. The molecule has 0 radical (unpaired) electrons. The molecule has 6 N–H and O–H groups in total. The Morgan fingerprint density at radius 3 is 2.44 bits per heavy atom. The molecular weight excluding hydrogens is 368 g/mol. The standard InChI is InChI=1S/C18H30N6O2.ClH/c1-20-11-5-7-12(8-6-11)23-18-21-10-15(16(19)26)17(24-18)22-13-3-2-4-14(25)9-13;/h10-14,20,25H,2-9H2,1H3,(H2,19,26)(H2,21,22,23,24);1H/t11?,12?,13-,14-;/m1./s1. The SMILES string of the molecule is CNC1CCC(Nc2ncc(C(N)=O)c(N[C@@H]3CCC[C@@H](O)C3)n2)CC1.Cl. The number of nitrogens with one attached hydrogen (secondary N) is 3. The van der Waals surface area contributed by atoms with E-state index in [-0.39, 0.29) is 30.1 Å². The predicted octanol–water partition coefficient (Wildman–Crippen LogP) is 1.66. The fraction of sp³-hybridized carbons (Fsp3) is 0.722. The van der Waals surface area contributed by atoms with Gasteiger partial charge in [0.15, 0.2) is 0 Å². The molecule has 2 aliphatic carbocycles. The number of rotatable bonds is 6. The van der Waals surface area contributed by atoms with Gasteiger partial charge in [0.25, 0.3) is 5.91 Å². The van der Waals surface area contributed by atoms with Crippen LogP contribution in [0.25, 0.3) is 0 Å². The molecule has 1 amide bonds. The summed E-state index contributed by atoms with van der Waals surface area (Å²) in [5.41, 5.74) is 5.76. The van der Waals surface area contributed by atoms with Crippen LogP contribution < -0.4 is 21.7 Å². The van der Waals surface area contributed by atoms with Gasteiger partial charge in [-0.2, -0.15) is 4.98 Å². The smallest absolute Gasteiger partial charge is 0.254 e. The molecule has 27 heavy (non-hydrogen) atoms. The first-order chi connectivity index (χ1) is 12.5. The van der Waals surface area contributed by atoms with Crippen molar-refractivity contribution in [1.82, 2.24) is 15.3 Å². The third-order valence-corrected chi connectivity index (χ3v) is 5.51. The minimum Gasteiger partial charge on any atom is -0.393 e. The lowest BCUT2D eigenvalue weighted by Gasteiger charge is -2.29. The van der Waals surface area contributed by atoms with Crippen molar-refractivity contribution in [3.63, 3.8) is 0 Å². The molecule has 2 fully saturated rings. The fourth-order valence-electron chi connectivity index (χ4n) is 3.94. The number of hydrogen-bond acceptors (Lipinski definition) is 7. The van der Waals surface area contributed by atoms with Crippen LogP contribution >= 0.6 is 12.4 Å². The van der Waals surface area contributed by atoms with Crippen LogP contribution in [-0.4, -0.2) is 52.3 Å². The quantitative estimate of drug-likeness (QED) is 0.493. The molecule has 2 aliphatic rings. The summed E-state index contributed by atoms with van der Waals surface area (Å²) in [5, 5.41) is 19.9. The average Bonchev–Trinajstić information content (AvgIpc) is 2.62. The van der Waals surface area contributed by atoms with Gasteiger partial charge in [0.2, 0.25) is 5.95 Å². The number of primary amides is 1. The molecule has 1 heterocycles. The fourth-order valence-corrected chi connectivity index (χ4v) is 3.94. The Bertz CT molecular complexity index is 624. The first-order valence-corrected chi connectivity index (χ1v) is 9.60. The summed E-state index contributed by atoms with van der Waals surface area (Å²) in [7, 11) is 2.00. The number of halogens is 1. The summed E-state index contributed by atoms with van der Waals surface area (Å²) >= 11 is 0. The molecule has 152 valence electrons. The van der Waals surface area contributed by atoms with Gasteiger partial charge in [0, 0.05) is 24.3 Å². The van der Waals surface area contributed by atoms with Crippen molar-refractivity contribution < 1.29 is 9.90 Å². The van der Waals surface area contributed by atoms with Gasteiger partial charge >= 0.3 is 0 Å². The van der Waals surface area contributed by atoms with Crippen LogP contribution in [-0.2, 0) is 0 Å². The second-order valence-corrected chi connectivity index (χ2v) is 7.46. The van der Waals surface area contributed by atoms with Crippen molar-refractivity contribution in [2.45, 2.75) is 75.6 Å². The third kappa shape index (κ3) is 5.92. The lowest BCUT2D eigenvalue weighted by molar-refractivity contribution is 0.100. The summed E-state index contributed by atoms with van der Waals surface area (Å²) in [4.78, 5) is 20.5. The molecule has 9 heteroatoms. The summed E-state index contributed by atoms with van der Waals surface area (Å²) in [5.74, 6) is 0.421. The van der Waals surface area contributed by atoms with Crippen LogP contribution in [0.5, 0.6) is 0 Å². The predicted molar refractivity (Wildman–Crippen MR) is 108 cm³/mol. The molecule has 0 aliphatic heterocycles. The Hall–Kier alpha value is -1.64. The van der Waals surface area contributed by atoms with E-state index in [0.717, 1.165) is 44.9 Å². The second-order valence-electron chi connectivity index (χ2n) is 7.46. The number of hydrogen-bond donors (Lipinski definition) is 5. The third-order valence-electron chi connectivity index (χ3n) is 5.51. The second kappa shape index (κ2) is 10.1. The largest absolute Gasteiger partial charge is 0.393 e. The normalized spacial score (nSPS) is 28.1. The Labute approximate surface area is 166 Å². The van der Waals surface area contributed by atoms with Crippen molar-refractivity contribution in [2.24, 2.45) is 5.73 Å². The lowest BCUT2D eigenvalue weighted by atomic mass is 9.91. The van der Waals surface area contributed by atoms with Gasteiger partial charge in [-0.25, -0.2) is 4.98 Å². The lowest BCUT2D eigenvalue weighted by Crippen LogP contribution is -2.35. The van der Waals surface area contributed by atoms with E-state index in [0.29, 0.717) is 30.3 Å². The molecule has 2 saturated carbocycles. The highest BCUT2D eigenvalue weighted by Gasteiger charge is 2.24. The van der Waals surface area contributed by atoms with Crippen molar-refractivity contribution in [3.05, 3.63) is 11.8 Å². The van der Waals surface area contributed by atoms with Gasteiger partial charge < -0.3 is 26.8 Å². The summed E-state index contributed by atoms with van der Waals surface area (Å²) in [6, 6.07) is 1.01. The van der Waals surface area contributed by atoms with Crippen molar-refractivity contribution >= 4 is 30.1 Å². The summed E-state index contributed by atoms with van der Waals surface area (Å²) < 4.78 is 0. The maximum atomic E-state index is 11.7. The molecule has 2 atom stereocenters. The number of nitrogens with two attached hydrogens (primary N) is 1. The highest BCUT2D eigenvalue weighted by atomic mass is 35.5. The van der Waals surface area contributed by atoms with Gasteiger partial charge in [0.05, 0.1) is 11.7 Å². The van der Waals surface area contributed by atoms with E-state index in [9.17, 15) is 9.90 Å². The zero-order valence-electron chi connectivity index (χ0n) is 15.8. The molecule has 3 rings (SSSR count). The van der Waals surface area contributed by atoms with Crippen LogP contribution in [0.3, 0.4) is 0 Å². The molecule has 1 aromatic rings. The van der Waals surface area contributed by atoms with Crippen molar-refractivity contribution in [2.75, 3.05) is 17.7 Å². The Morgan fingerprint density at radius 1 is 1.11 bits per heavy atom. The van der Waals surface area contributed by atoms with Crippen LogP contribution in [0.2, 0.25) is 0 Å². The maximum absolute atomic E-state index is 11.7. The zero-order chi connectivity index (χ0) is 18.5. The van der Waals surface area contributed by atoms with Gasteiger partial charge in [-0.15, -0.1) is 12.4 Å². The van der Waals surface area contributed by atoms with Crippen molar-refractivity contribution in [1.29, 1.82) is 0 Å². The van der Waals surface area contributed by atoms with Crippen LogP contribution in [0.1, 0.15) is 61.7 Å². The molecule has 0 bridgehead atoms. The molecular formula is C18H31ClN6O2. The number of nitrogens with zero attached hydrogens (tertiary/aromatic N) is 2. The van der Waals surface area contributed by atoms with Crippen LogP contribution in [0.4, 0.5) is 11.8 Å². The number of aliphatic hydroxyl groups excluding tert-OH is 1. The Balaban J connectivity index is 0.00000261. The zero-order valence-corrected chi connectivity index (χ0v) is 16.6. The first-order valence-electron chi connectivity index (χ1n) is 9.60. The highest BCUT2D eigenvalue weighted by Crippen LogP contribution is 2.25. The monoisotopic (exact) mass is 398 g/mol. The van der Waals surface area contributed by atoms with E-state index in [1.807, 2.05) is 7.05 Å². The first kappa shape index (κ1) is 21.7. The summed E-state index contributed by atoms with van der Waals surface area (Å²) in [6.45, 7) is 0. The molecule has 8 nitrogen and oxygen atoms in total. The highest BCUT2D eigenvalue weighted by molar-refractivity contribution is 5.97. The van der Waals surface area contributed by atoms with Gasteiger partial charge in [-0.3, -0.25) is 4.79 Å². The molecule has 1 aromatic heterocycles. The van der Waals surface area contributed by atoms with Gasteiger partial charge in [0.1, 0.15) is 5.82 Å². The number of aliphatic hydroxyl groups is 1. The van der Waals surface area contributed by atoms with E-state index in [2.05, 4.69) is 25.9 Å². The molecule has 0 unspecified atom stereocenters. The van der Waals surface area contributed by atoms with E-state index in [1.165, 1.54) is 6.20 Å². The van der Waals surface area contributed by atoms with E-state index >= 15 is 0 Å². The van der Waals surface area contributed by atoms with E-state index in [4.69, 9.17) is 5.73 Å². The van der Waals surface area contributed by atoms with Crippen LogP contribution in [0, 0.1) is 0 Å². The minimum atomic E-state index is -0.551. The molecule has 0 aromatic carbocycles. The number of anilines is 2. The molecule has 0 spiro atoms. The summed E-state index contributed by atoms with van der Waals surface area (Å²) in [6.07, 6.45) is 8.92. The van der Waals surface area contributed by atoms with Crippen molar-refractivity contribution in [3.8, 4) is 0 Å². The van der Waals surface area contributed by atoms with Gasteiger partial charge in [-0.1, -0.05) is 0 Å². The number of carbonyl (C=O) groups excluding carboxylic acids is 1. The number of carbonyl (C=O) groups is 1. The van der Waals surface area contributed by atoms with E-state index in [1.54, 1.807) is 0 Å². The number of amides is 1. The minimum absolute atomic E-state index is 0. The topological polar surface area (TPSA) is 125 Å². The Kier molecular flexibility index (Phi) is 8.07.